The summed E-state index contributed by atoms with van der Waals surface area (Å²) in [4.78, 5) is 23.3. The van der Waals surface area contributed by atoms with E-state index in [1.165, 1.54) is 0 Å². The average Bonchev–Trinajstić information content (AvgIpc) is 2.37. The summed E-state index contributed by atoms with van der Waals surface area (Å²) in [5.41, 5.74) is -1.72. The highest BCUT2D eigenvalue weighted by Gasteiger charge is 2.47. The normalized spacial score (nSPS) is 11.9. The van der Waals surface area contributed by atoms with Crippen molar-refractivity contribution < 1.29 is 29.5 Å². The van der Waals surface area contributed by atoms with Gasteiger partial charge in [-0.3, -0.25) is 9.59 Å². The zero-order valence-electron chi connectivity index (χ0n) is 9.49. The van der Waals surface area contributed by atoms with Gasteiger partial charge in [0.1, 0.15) is 0 Å². The molecule has 0 aliphatic rings. The van der Waals surface area contributed by atoms with E-state index in [2.05, 4.69) is 19.8 Å². The van der Waals surface area contributed by atoms with Crippen molar-refractivity contribution in [3.8, 4) is 0 Å². The number of carbonyl (C=O) groups excluding carboxylic acids is 2. The van der Waals surface area contributed by atoms with Crippen LogP contribution in [0.5, 0.6) is 0 Å². The van der Waals surface area contributed by atoms with E-state index < -0.39 is 17.4 Å². The lowest BCUT2D eigenvalue weighted by Crippen LogP contribution is -2.42. The molecule has 0 saturated heterocycles. The van der Waals surface area contributed by atoms with Crippen molar-refractivity contribution in [2.75, 3.05) is 14.2 Å². The van der Waals surface area contributed by atoms with E-state index in [4.69, 9.17) is 10.4 Å². The van der Waals surface area contributed by atoms with Crippen molar-refractivity contribution >= 4 is 24.4 Å². The average molecular weight is 246 g/mol. The Morgan fingerprint density at radius 3 is 1.65 bits per heavy atom. The summed E-state index contributed by atoms with van der Waals surface area (Å²) >= 11 is 0. The van der Waals surface area contributed by atoms with Crippen LogP contribution in [0.4, 0.5) is 0 Å². The van der Waals surface area contributed by atoms with Crippen molar-refractivity contribution in [3.63, 3.8) is 0 Å². The molecule has 0 rings (SSSR count). The summed E-state index contributed by atoms with van der Waals surface area (Å²) in [6, 6.07) is 0. The number of oxime groups is 2. The van der Waals surface area contributed by atoms with Gasteiger partial charge in [0, 0.05) is 25.3 Å². The van der Waals surface area contributed by atoms with Gasteiger partial charge in [-0.1, -0.05) is 0 Å². The molecular weight excluding hydrogens is 232 g/mol. The number of methoxy groups -OCH3 is 2. The zero-order chi connectivity index (χ0) is 13.3. The van der Waals surface area contributed by atoms with Crippen LogP contribution >= 0.6 is 0 Å². The van der Waals surface area contributed by atoms with Crippen LogP contribution < -0.4 is 0 Å². The second kappa shape index (κ2) is 7.20. The summed E-state index contributed by atoms with van der Waals surface area (Å²) < 4.78 is 9.01. The minimum Gasteiger partial charge on any atom is -0.468 e. The molecule has 0 aromatic heterocycles. The number of ether oxygens (including phenoxy) is 2. The lowest BCUT2D eigenvalue weighted by molar-refractivity contribution is -0.167. The first kappa shape index (κ1) is 14.9. The Hall–Kier alpha value is -2.12. The summed E-state index contributed by atoms with van der Waals surface area (Å²) in [7, 11) is 2.21. The van der Waals surface area contributed by atoms with Crippen molar-refractivity contribution in [2.45, 2.75) is 12.8 Å². The smallest absolute Gasteiger partial charge is 0.323 e. The Labute approximate surface area is 97.5 Å². The lowest BCUT2D eigenvalue weighted by atomic mass is 9.82. The van der Waals surface area contributed by atoms with E-state index in [1.54, 1.807) is 0 Å². The highest BCUT2D eigenvalue weighted by molar-refractivity contribution is 6.04. The van der Waals surface area contributed by atoms with Gasteiger partial charge < -0.3 is 19.9 Å². The second-order valence-electron chi connectivity index (χ2n) is 3.07. The van der Waals surface area contributed by atoms with Gasteiger partial charge in [0.15, 0.2) is 5.41 Å². The third-order valence-electron chi connectivity index (χ3n) is 2.20. The molecule has 2 N–H and O–H groups in total. The molecule has 0 heterocycles. The van der Waals surface area contributed by atoms with Crippen LogP contribution in [0.2, 0.25) is 0 Å². The molecule has 0 fully saturated rings. The molecule has 0 saturated carbocycles. The van der Waals surface area contributed by atoms with E-state index >= 15 is 0 Å². The maximum absolute atomic E-state index is 11.6. The molecule has 0 aliphatic heterocycles. The quantitative estimate of drug-likeness (QED) is 0.224. The van der Waals surface area contributed by atoms with E-state index in [9.17, 15) is 9.59 Å². The summed E-state index contributed by atoms with van der Waals surface area (Å²) in [6.45, 7) is 0. The van der Waals surface area contributed by atoms with Crippen LogP contribution in [0, 0.1) is 5.41 Å². The van der Waals surface area contributed by atoms with Crippen molar-refractivity contribution in [3.05, 3.63) is 0 Å². The minimum atomic E-state index is -1.72. The highest BCUT2D eigenvalue weighted by Crippen LogP contribution is 2.28. The third-order valence-corrected chi connectivity index (χ3v) is 2.20. The van der Waals surface area contributed by atoms with Gasteiger partial charge in [-0.25, -0.2) is 0 Å². The predicted octanol–water partition coefficient (Wildman–Crippen LogP) is 0.0190. The standard InChI is InChI=1S/C9H14N2O6/c1-16-7(12)9(3-5-10-14,4-6-11-15)8(13)17-2/h5-6,14-15H,3-4H2,1-2H3. The van der Waals surface area contributed by atoms with Gasteiger partial charge >= 0.3 is 11.9 Å². The van der Waals surface area contributed by atoms with Crippen molar-refractivity contribution in [2.24, 2.45) is 15.7 Å². The molecule has 0 atom stereocenters. The molecule has 0 aliphatic carbocycles. The van der Waals surface area contributed by atoms with Crippen LogP contribution in [0.15, 0.2) is 10.3 Å². The molecule has 0 spiro atoms. The fraction of sp³-hybridized carbons (Fsp3) is 0.556. The number of rotatable bonds is 6. The minimum absolute atomic E-state index is 0.241. The van der Waals surface area contributed by atoms with Gasteiger partial charge in [0.25, 0.3) is 0 Å². The van der Waals surface area contributed by atoms with Gasteiger partial charge in [-0.2, -0.15) is 0 Å². The summed E-state index contributed by atoms with van der Waals surface area (Å²) in [5.74, 6) is -1.74. The van der Waals surface area contributed by atoms with Gasteiger partial charge in [0.05, 0.1) is 14.2 Å². The molecular formula is C9H14N2O6. The SMILES string of the molecule is COC(=O)C(CC=NO)(CC=NO)C(=O)OC. The van der Waals surface area contributed by atoms with Crippen LogP contribution in [-0.4, -0.2) is 49.0 Å². The molecule has 96 valence electrons. The zero-order valence-corrected chi connectivity index (χ0v) is 9.49. The van der Waals surface area contributed by atoms with Crippen molar-refractivity contribution in [1.29, 1.82) is 0 Å². The van der Waals surface area contributed by atoms with E-state index in [0.29, 0.717) is 0 Å². The number of nitrogens with zero attached hydrogens (tertiary/aromatic N) is 2. The third kappa shape index (κ3) is 3.44. The first-order chi connectivity index (χ1) is 8.08. The van der Waals surface area contributed by atoms with Gasteiger partial charge in [0.2, 0.25) is 0 Å². The highest BCUT2D eigenvalue weighted by atomic mass is 16.5. The van der Waals surface area contributed by atoms with Gasteiger partial charge in [-0.05, 0) is 0 Å². The summed E-state index contributed by atoms with van der Waals surface area (Å²) in [5, 5.41) is 22.1. The maximum atomic E-state index is 11.6. The number of hydrogen-bond donors (Lipinski definition) is 2. The van der Waals surface area contributed by atoms with E-state index in [1.807, 2.05) is 0 Å². The Bertz CT molecular complexity index is 293. The fourth-order valence-electron chi connectivity index (χ4n) is 1.28. The Morgan fingerprint density at radius 2 is 1.41 bits per heavy atom. The van der Waals surface area contributed by atoms with Crippen LogP contribution in [0.3, 0.4) is 0 Å². The van der Waals surface area contributed by atoms with Crippen molar-refractivity contribution in [1.82, 2.24) is 0 Å². The number of esters is 2. The monoisotopic (exact) mass is 246 g/mol. The molecule has 0 bridgehead atoms. The first-order valence-electron chi connectivity index (χ1n) is 4.57. The van der Waals surface area contributed by atoms with E-state index in [0.717, 1.165) is 26.6 Å². The molecule has 0 unspecified atom stereocenters. The number of carbonyl (C=O) groups is 2. The van der Waals surface area contributed by atoms with Crippen LogP contribution in [-0.2, 0) is 19.1 Å². The molecule has 0 radical (unpaired) electrons. The Morgan fingerprint density at radius 1 is 1.06 bits per heavy atom. The van der Waals surface area contributed by atoms with Crippen LogP contribution in [0.1, 0.15) is 12.8 Å². The first-order valence-corrected chi connectivity index (χ1v) is 4.57. The molecule has 8 heteroatoms. The Balaban J connectivity index is 5.33. The molecule has 0 amide bonds. The second-order valence-corrected chi connectivity index (χ2v) is 3.07. The fourth-order valence-corrected chi connectivity index (χ4v) is 1.28. The molecule has 8 nitrogen and oxygen atoms in total. The van der Waals surface area contributed by atoms with Gasteiger partial charge in [-0.15, -0.1) is 10.3 Å². The molecule has 17 heavy (non-hydrogen) atoms. The topological polar surface area (TPSA) is 118 Å². The summed E-state index contributed by atoms with van der Waals surface area (Å²) in [6.07, 6.45) is 1.43. The van der Waals surface area contributed by atoms with Crippen LogP contribution in [0.25, 0.3) is 0 Å². The molecule has 0 aromatic carbocycles. The van der Waals surface area contributed by atoms with E-state index in [-0.39, 0.29) is 12.8 Å². The largest absolute Gasteiger partial charge is 0.468 e. The number of hydrogen-bond acceptors (Lipinski definition) is 8. The maximum Gasteiger partial charge on any atom is 0.323 e. The lowest BCUT2D eigenvalue weighted by Gasteiger charge is -2.24. The Kier molecular flexibility index (Phi) is 6.30. The molecule has 0 aromatic rings. The predicted molar refractivity (Wildman–Crippen MR) is 56.3 cm³/mol.